The molecule has 0 saturated carbocycles. The zero-order valence-corrected chi connectivity index (χ0v) is 12.8. The van der Waals surface area contributed by atoms with Crippen molar-refractivity contribution in [3.8, 4) is 0 Å². The zero-order valence-electron chi connectivity index (χ0n) is 9.71. The second kappa shape index (κ2) is 6.54. The van der Waals surface area contributed by atoms with Crippen molar-refractivity contribution in [2.24, 2.45) is 0 Å². The Morgan fingerprint density at radius 2 is 1.89 bits per heavy atom. The summed E-state index contributed by atoms with van der Waals surface area (Å²) in [4.78, 5) is -0.294. The molecule has 0 bridgehead atoms. The normalized spacial score (nSPS) is 12.4. The fraction of sp³-hybridized carbons (Fsp3) is 0.400. The van der Waals surface area contributed by atoms with Gasteiger partial charge in [0.2, 0.25) is 10.0 Å². The minimum absolute atomic E-state index is 0.0837. The summed E-state index contributed by atoms with van der Waals surface area (Å²) in [6.07, 6.45) is -2.78. The van der Waals surface area contributed by atoms with E-state index in [1.807, 2.05) is 0 Å². The van der Waals surface area contributed by atoms with Gasteiger partial charge in [0, 0.05) is 17.6 Å². The van der Waals surface area contributed by atoms with Crippen LogP contribution in [0.1, 0.15) is 5.56 Å². The summed E-state index contributed by atoms with van der Waals surface area (Å²) >= 11 is 17.4. The standard InChI is InChI=1S/C10H10Cl3F2NO2S/c1-16(5-9(14)15)19(17,18)8-3-2-7(12)6(4-11)10(8)13/h2-3,9H,4-5H2,1H3. The fourth-order valence-corrected chi connectivity index (χ4v) is 3.80. The van der Waals surface area contributed by atoms with Gasteiger partial charge in [-0.25, -0.2) is 17.2 Å². The van der Waals surface area contributed by atoms with Gasteiger partial charge in [0.05, 0.1) is 17.4 Å². The van der Waals surface area contributed by atoms with Crippen LogP contribution in [0, 0.1) is 0 Å². The van der Waals surface area contributed by atoms with Gasteiger partial charge in [0.25, 0.3) is 6.43 Å². The number of sulfonamides is 1. The van der Waals surface area contributed by atoms with E-state index in [9.17, 15) is 17.2 Å². The molecule has 9 heteroatoms. The van der Waals surface area contributed by atoms with Gasteiger partial charge in [-0.05, 0) is 12.1 Å². The van der Waals surface area contributed by atoms with Crippen molar-refractivity contribution >= 4 is 44.8 Å². The van der Waals surface area contributed by atoms with Gasteiger partial charge in [-0.15, -0.1) is 11.6 Å². The van der Waals surface area contributed by atoms with Crippen LogP contribution in [0.5, 0.6) is 0 Å². The zero-order chi connectivity index (χ0) is 14.8. The van der Waals surface area contributed by atoms with E-state index in [0.29, 0.717) is 4.31 Å². The Morgan fingerprint density at radius 1 is 1.32 bits per heavy atom. The molecule has 1 aromatic carbocycles. The maximum Gasteiger partial charge on any atom is 0.252 e. The van der Waals surface area contributed by atoms with E-state index in [1.54, 1.807) is 0 Å². The van der Waals surface area contributed by atoms with Crippen LogP contribution in [0.2, 0.25) is 10.0 Å². The summed E-state index contributed by atoms with van der Waals surface area (Å²) in [7, 11) is -3.06. The third kappa shape index (κ3) is 3.70. The number of halogens is 5. The van der Waals surface area contributed by atoms with Gasteiger partial charge in [-0.3, -0.25) is 0 Å². The molecule has 0 N–H and O–H groups in total. The van der Waals surface area contributed by atoms with Crippen molar-refractivity contribution < 1.29 is 17.2 Å². The predicted octanol–water partition coefficient (Wildman–Crippen LogP) is 3.62. The first-order valence-electron chi connectivity index (χ1n) is 4.99. The Balaban J connectivity index is 3.30. The average molecular weight is 353 g/mol. The molecule has 0 unspecified atom stereocenters. The Morgan fingerprint density at radius 3 is 2.37 bits per heavy atom. The summed E-state index contributed by atoms with van der Waals surface area (Å²) in [5, 5.41) is 0.0686. The van der Waals surface area contributed by atoms with E-state index in [4.69, 9.17) is 34.8 Å². The number of nitrogens with zero attached hydrogens (tertiary/aromatic N) is 1. The lowest BCUT2D eigenvalue weighted by molar-refractivity contribution is 0.126. The molecule has 0 heterocycles. The van der Waals surface area contributed by atoms with Crippen LogP contribution in [-0.4, -0.2) is 32.7 Å². The van der Waals surface area contributed by atoms with E-state index in [2.05, 4.69) is 0 Å². The molecule has 0 aliphatic heterocycles. The molecule has 3 nitrogen and oxygen atoms in total. The fourth-order valence-electron chi connectivity index (χ4n) is 1.36. The summed E-state index contributed by atoms with van der Waals surface area (Å²) in [6, 6.07) is 2.48. The van der Waals surface area contributed by atoms with Gasteiger partial charge in [0.15, 0.2) is 0 Å². The molecule has 0 amide bonds. The largest absolute Gasteiger partial charge is 0.252 e. The first kappa shape index (κ1) is 16.9. The molecule has 0 spiro atoms. The number of alkyl halides is 3. The third-order valence-electron chi connectivity index (χ3n) is 2.37. The summed E-state index contributed by atoms with van der Waals surface area (Å²) < 4.78 is 49.2. The topological polar surface area (TPSA) is 37.4 Å². The maximum atomic E-state index is 12.3. The molecule has 0 aliphatic carbocycles. The highest BCUT2D eigenvalue weighted by atomic mass is 35.5. The molecule has 1 rings (SSSR count). The quantitative estimate of drug-likeness (QED) is 0.759. The van der Waals surface area contributed by atoms with E-state index in [-0.39, 0.29) is 26.4 Å². The smallest absolute Gasteiger partial charge is 0.209 e. The third-order valence-corrected chi connectivity index (χ3v) is 5.40. The first-order chi connectivity index (χ1) is 8.71. The molecular formula is C10H10Cl3F2NO2S. The van der Waals surface area contributed by atoms with Crippen LogP contribution in [0.15, 0.2) is 17.0 Å². The summed E-state index contributed by atoms with van der Waals surface area (Å²) in [5.74, 6) is -0.0837. The molecule has 0 fully saturated rings. The number of hydrogen-bond donors (Lipinski definition) is 0. The van der Waals surface area contributed by atoms with Crippen molar-refractivity contribution in [1.82, 2.24) is 4.31 Å². The Labute approximate surface area is 125 Å². The van der Waals surface area contributed by atoms with Gasteiger partial charge in [-0.2, -0.15) is 4.31 Å². The number of rotatable bonds is 5. The van der Waals surface area contributed by atoms with Gasteiger partial charge >= 0.3 is 0 Å². The first-order valence-corrected chi connectivity index (χ1v) is 7.72. The number of benzene rings is 1. The van der Waals surface area contributed by atoms with Crippen molar-refractivity contribution in [2.45, 2.75) is 17.2 Å². The molecule has 0 aromatic heterocycles. The molecule has 108 valence electrons. The molecule has 0 saturated heterocycles. The Hall–Kier alpha value is -0.140. The van der Waals surface area contributed by atoms with Crippen LogP contribution in [0.4, 0.5) is 8.78 Å². The predicted molar refractivity (Wildman–Crippen MR) is 71.8 cm³/mol. The lowest BCUT2D eigenvalue weighted by Crippen LogP contribution is -2.31. The van der Waals surface area contributed by atoms with Gasteiger partial charge in [0.1, 0.15) is 4.90 Å². The highest BCUT2D eigenvalue weighted by Gasteiger charge is 2.27. The summed E-state index contributed by atoms with van der Waals surface area (Å²) in [6.45, 7) is -0.919. The second-order valence-corrected chi connectivity index (χ2v) is 6.71. The van der Waals surface area contributed by atoms with Crippen molar-refractivity contribution in [3.63, 3.8) is 0 Å². The monoisotopic (exact) mass is 351 g/mol. The molecule has 0 atom stereocenters. The Bertz CT molecular complexity index is 566. The molecule has 19 heavy (non-hydrogen) atoms. The van der Waals surface area contributed by atoms with E-state index < -0.39 is 23.0 Å². The lowest BCUT2D eigenvalue weighted by atomic mass is 10.2. The van der Waals surface area contributed by atoms with E-state index in [1.165, 1.54) is 6.07 Å². The number of hydrogen-bond acceptors (Lipinski definition) is 2. The van der Waals surface area contributed by atoms with Crippen LogP contribution in [0.25, 0.3) is 0 Å². The van der Waals surface area contributed by atoms with Crippen LogP contribution in [-0.2, 0) is 15.9 Å². The van der Waals surface area contributed by atoms with Crippen LogP contribution < -0.4 is 0 Å². The van der Waals surface area contributed by atoms with Gasteiger partial charge < -0.3 is 0 Å². The van der Waals surface area contributed by atoms with Crippen LogP contribution in [0.3, 0.4) is 0 Å². The van der Waals surface area contributed by atoms with Crippen molar-refractivity contribution in [1.29, 1.82) is 0 Å². The lowest BCUT2D eigenvalue weighted by Gasteiger charge is -2.18. The molecule has 0 radical (unpaired) electrons. The molecule has 1 aromatic rings. The van der Waals surface area contributed by atoms with Crippen molar-refractivity contribution in [2.75, 3.05) is 13.6 Å². The molecular weight excluding hydrogens is 343 g/mol. The SMILES string of the molecule is CN(CC(F)F)S(=O)(=O)c1ccc(Cl)c(CCl)c1Cl. The highest BCUT2D eigenvalue weighted by molar-refractivity contribution is 7.89. The molecule has 0 aliphatic rings. The average Bonchev–Trinajstić information content (AvgIpc) is 2.28. The highest BCUT2D eigenvalue weighted by Crippen LogP contribution is 2.33. The minimum atomic E-state index is -4.11. The van der Waals surface area contributed by atoms with Crippen LogP contribution >= 0.6 is 34.8 Å². The van der Waals surface area contributed by atoms with Gasteiger partial charge in [-0.1, -0.05) is 23.2 Å². The maximum absolute atomic E-state index is 12.3. The van der Waals surface area contributed by atoms with E-state index in [0.717, 1.165) is 13.1 Å². The van der Waals surface area contributed by atoms with Crippen molar-refractivity contribution in [3.05, 3.63) is 27.7 Å². The second-order valence-electron chi connectivity index (χ2n) is 3.65. The van der Waals surface area contributed by atoms with E-state index >= 15 is 0 Å². The minimum Gasteiger partial charge on any atom is -0.209 e. The Kier molecular flexibility index (Phi) is 5.82. The summed E-state index contributed by atoms with van der Waals surface area (Å²) in [5.41, 5.74) is 0.247.